The van der Waals surface area contributed by atoms with Gasteiger partial charge in [0.2, 0.25) is 0 Å². The molecule has 3 nitrogen and oxygen atoms in total. The van der Waals surface area contributed by atoms with Crippen molar-refractivity contribution in [2.24, 2.45) is 0 Å². The molecule has 110 valence electrons. The Bertz CT molecular complexity index is 729. The third-order valence-electron chi connectivity index (χ3n) is 2.98. The van der Waals surface area contributed by atoms with Crippen molar-refractivity contribution in [2.75, 3.05) is 0 Å². The highest BCUT2D eigenvalue weighted by atomic mass is 35.5. The molecule has 0 aromatic heterocycles. The fourth-order valence-electron chi connectivity index (χ4n) is 1.84. The van der Waals surface area contributed by atoms with Gasteiger partial charge < -0.3 is 5.11 Å². The molecule has 0 heterocycles. The van der Waals surface area contributed by atoms with Gasteiger partial charge in [0.15, 0.2) is 0 Å². The van der Waals surface area contributed by atoms with Gasteiger partial charge in [0, 0.05) is 4.90 Å². The summed E-state index contributed by atoms with van der Waals surface area (Å²) < 4.78 is 12.3. The minimum atomic E-state index is -1.35. The second kappa shape index (κ2) is 6.60. The number of carboxylic acid groups (broad SMARTS) is 1. The standard InChI is InChI=1S/C15H12Cl2O3S/c1-9-2-4-11(7-12(9)15(18)19)21(20)8-10-3-5-13(16)14(17)6-10/h2-7H,8H2,1H3,(H,18,19). The van der Waals surface area contributed by atoms with Crippen LogP contribution < -0.4 is 0 Å². The molecule has 0 aliphatic carbocycles. The normalized spacial score (nSPS) is 12.1. The Balaban J connectivity index is 2.26. The first-order valence-electron chi connectivity index (χ1n) is 6.04. The molecule has 0 aliphatic rings. The van der Waals surface area contributed by atoms with Crippen molar-refractivity contribution in [2.45, 2.75) is 17.6 Å². The number of carboxylic acids is 1. The number of rotatable bonds is 4. The molecule has 0 radical (unpaired) electrons. The lowest BCUT2D eigenvalue weighted by Gasteiger charge is -2.07. The van der Waals surface area contributed by atoms with E-state index < -0.39 is 16.8 Å². The SMILES string of the molecule is Cc1ccc(S(=O)Cc2ccc(Cl)c(Cl)c2)cc1C(=O)O. The van der Waals surface area contributed by atoms with E-state index in [0.29, 0.717) is 20.5 Å². The lowest BCUT2D eigenvalue weighted by atomic mass is 10.1. The predicted octanol–water partition coefficient (Wildman–Crippen LogP) is 4.31. The third-order valence-corrected chi connectivity index (χ3v) is 5.10. The van der Waals surface area contributed by atoms with Crippen molar-refractivity contribution < 1.29 is 14.1 Å². The van der Waals surface area contributed by atoms with Gasteiger partial charge in [0.25, 0.3) is 0 Å². The largest absolute Gasteiger partial charge is 0.478 e. The van der Waals surface area contributed by atoms with Crippen LogP contribution in [0.25, 0.3) is 0 Å². The van der Waals surface area contributed by atoms with Crippen LogP contribution in [0.4, 0.5) is 0 Å². The Kier molecular flexibility index (Phi) is 5.04. The van der Waals surface area contributed by atoms with E-state index >= 15 is 0 Å². The molecule has 0 fully saturated rings. The molecule has 1 N–H and O–H groups in total. The van der Waals surface area contributed by atoms with Crippen molar-refractivity contribution >= 4 is 40.0 Å². The quantitative estimate of drug-likeness (QED) is 0.900. The van der Waals surface area contributed by atoms with E-state index in [4.69, 9.17) is 28.3 Å². The Morgan fingerprint density at radius 1 is 1.14 bits per heavy atom. The molecule has 0 amide bonds. The Hall–Kier alpha value is -1.36. The molecule has 0 bridgehead atoms. The first-order valence-corrected chi connectivity index (χ1v) is 8.12. The number of hydrogen-bond acceptors (Lipinski definition) is 2. The lowest BCUT2D eigenvalue weighted by Crippen LogP contribution is -2.03. The fraction of sp³-hybridized carbons (Fsp3) is 0.133. The number of aryl methyl sites for hydroxylation is 1. The summed E-state index contributed by atoms with van der Waals surface area (Å²) in [6.45, 7) is 1.70. The predicted molar refractivity (Wildman–Crippen MR) is 84.7 cm³/mol. The topological polar surface area (TPSA) is 54.4 Å². The molecule has 2 aromatic carbocycles. The molecule has 2 rings (SSSR count). The second-order valence-corrected chi connectivity index (χ2v) is 6.79. The zero-order valence-corrected chi connectivity index (χ0v) is 13.4. The van der Waals surface area contributed by atoms with Crippen molar-refractivity contribution in [3.05, 3.63) is 63.1 Å². The zero-order valence-electron chi connectivity index (χ0n) is 11.1. The average molecular weight is 343 g/mol. The van der Waals surface area contributed by atoms with Crippen LogP contribution in [0.5, 0.6) is 0 Å². The van der Waals surface area contributed by atoms with Crippen LogP contribution in [0.15, 0.2) is 41.3 Å². The van der Waals surface area contributed by atoms with Crippen molar-refractivity contribution in [1.29, 1.82) is 0 Å². The first kappa shape index (κ1) is 16.0. The van der Waals surface area contributed by atoms with E-state index in [1.807, 2.05) is 0 Å². The van der Waals surface area contributed by atoms with Crippen molar-refractivity contribution in [3.63, 3.8) is 0 Å². The second-order valence-electron chi connectivity index (χ2n) is 4.52. The van der Waals surface area contributed by atoms with Crippen LogP contribution in [0.3, 0.4) is 0 Å². The summed E-state index contributed by atoms with van der Waals surface area (Å²) in [4.78, 5) is 11.6. The molecule has 1 unspecified atom stereocenters. The molecule has 0 saturated carbocycles. The highest BCUT2D eigenvalue weighted by Crippen LogP contribution is 2.24. The van der Waals surface area contributed by atoms with Gasteiger partial charge in [-0.05, 0) is 42.3 Å². The van der Waals surface area contributed by atoms with Gasteiger partial charge in [-0.15, -0.1) is 0 Å². The summed E-state index contributed by atoms with van der Waals surface area (Å²) in [5, 5.41) is 9.94. The minimum Gasteiger partial charge on any atom is -0.478 e. The van der Waals surface area contributed by atoms with Crippen molar-refractivity contribution in [1.82, 2.24) is 0 Å². The Labute approximate surface area is 135 Å². The molecule has 0 spiro atoms. The van der Waals surface area contributed by atoms with Crippen LogP contribution in [0.1, 0.15) is 21.5 Å². The number of hydrogen-bond donors (Lipinski definition) is 1. The molecule has 1 atom stereocenters. The molecule has 0 saturated heterocycles. The van der Waals surface area contributed by atoms with Gasteiger partial charge in [-0.1, -0.05) is 35.3 Å². The van der Waals surface area contributed by atoms with E-state index in [1.165, 1.54) is 6.07 Å². The van der Waals surface area contributed by atoms with Crippen LogP contribution in [0.2, 0.25) is 10.0 Å². The van der Waals surface area contributed by atoms with E-state index in [-0.39, 0.29) is 11.3 Å². The number of benzene rings is 2. The minimum absolute atomic E-state index is 0.162. The fourth-order valence-corrected chi connectivity index (χ4v) is 3.28. The Morgan fingerprint density at radius 3 is 2.48 bits per heavy atom. The third kappa shape index (κ3) is 3.84. The number of carbonyl (C=O) groups is 1. The number of aromatic carboxylic acids is 1. The highest BCUT2D eigenvalue weighted by molar-refractivity contribution is 7.84. The van der Waals surface area contributed by atoms with Gasteiger partial charge in [0.05, 0.1) is 32.2 Å². The Morgan fingerprint density at radius 2 is 1.86 bits per heavy atom. The van der Waals surface area contributed by atoms with E-state index in [0.717, 1.165) is 5.56 Å². The van der Waals surface area contributed by atoms with Gasteiger partial charge in [-0.25, -0.2) is 4.79 Å². The van der Waals surface area contributed by atoms with Crippen LogP contribution in [-0.2, 0) is 16.6 Å². The average Bonchev–Trinajstić information content (AvgIpc) is 2.43. The summed E-state index contributed by atoms with van der Waals surface area (Å²) in [6, 6.07) is 9.84. The lowest BCUT2D eigenvalue weighted by molar-refractivity contribution is 0.0696. The molecule has 2 aromatic rings. The zero-order chi connectivity index (χ0) is 15.6. The maximum atomic E-state index is 12.3. The van der Waals surface area contributed by atoms with Crippen LogP contribution >= 0.6 is 23.2 Å². The summed E-state index contributed by atoms with van der Waals surface area (Å²) >= 11 is 11.8. The first-order chi connectivity index (χ1) is 9.88. The molecule has 0 aliphatic heterocycles. The molecular formula is C15H12Cl2O3S. The van der Waals surface area contributed by atoms with Crippen molar-refractivity contribution in [3.8, 4) is 0 Å². The molecule has 6 heteroatoms. The van der Waals surface area contributed by atoms with Crippen LogP contribution in [0, 0.1) is 6.92 Å². The summed E-state index contributed by atoms with van der Waals surface area (Å²) in [5.41, 5.74) is 1.58. The molecular weight excluding hydrogens is 331 g/mol. The van der Waals surface area contributed by atoms with E-state index in [2.05, 4.69) is 0 Å². The smallest absolute Gasteiger partial charge is 0.335 e. The maximum absolute atomic E-state index is 12.3. The number of halogens is 2. The molecule has 21 heavy (non-hydrogen) atoms. The van der Waals surface area contributed by atoms with Gasteiger partial charge in [-0.3, -0.25) is 4.21 Å². The summed E-state index contributed by atoms with van der Waals surface area (Å²) in [7, 11) is -1.35. The van der Waals surface area contributed by atoms with Crippen LogP contribution in [-0.4, -0.2) is 15.3 Å². The van der Waals surface area contributed by atoms with Gasteiger partial charge >= 0.3 is 5.97 Å². The highest BCUT2D eigenvalue weighted by Gasteiger charge is 2.12. The maximum Gasteiger partial charge on any atom is 0.335 e. The summed E-state index contributed by atoms with van der Waals surface area (Å²) in [5.74, 6) is -0.778. The van der Waals surface area contributed by atoms with E-state index in [9.17, 15) is 9.00 Å². The van der Waals surface area contributed by atoms with Gasteiger partial charge in [0.1, 0.15) is 0 Å². The van der Waals surface area contributed by atoms with E-state index in [1.54, 1.807) is 37.3 Å². The summed E-state index contributed by atoms with van der Waals surface area (Å²) in [6.07, 6.45) is 0. The van der Waals surface area contributed by atoms with Gasteiger partial charge in [-0.2, -0.15) is 0 Å². The monoisotopic (exact) mass is 342 g/mol.